The standard InChI is InChI=1S/C33H36N4O4S/c1-33(2,3)42(40)37-21-26-19-28(32(39)35-20-22-7-5-10-27(17-22)41-4)36-31(30(26)29(37)13-16-38)25-9-6-8-24(18-25)23-11-14-34-15-12-23/h5-12,14-15,17-19,29,38H,13,16,20-21H2,1-4H3,(H,35,39)/t29-,42?/m0/s1. The predicted octanol–water partition coefficient (Wildman–Crippen LogP) is 5.45. The number of nitrogens with zero attached hydrogens (tertiary/aromatic N) is 3. The number of aliphatic hydroxyl groups is 1. The molecule has 2 atom stereocenters. The molecule has 4 aromatic rings. The summed E-state index contributed by atoms with van der Waals surface area (Å²) in [5, 5.41) is 13.0. The molecule has 2 aromatic carbocycles. The third-order valence-corrected chi connectivity index (χ3v) is 9.12. The predicted molar refractivity (Wildman–Crippen MR) is 165 cm³/mol. The van der Waals surface area contributed by atoms with Gasteiger partial charge in [-0.25, -0.2) is 4.98 Å². The van der Waals surface area contributed by atoms with Gasteiger partial charge in [-0.05, 0) is 85.8 Å². The van der Waals surface area contributed by atoms with Gasteiger partial charge in [0.2, 0.25) is 0 Å². The lowest BCUT2D eigenvalue weighted by Crippen LogP contribution is -2.42. The van der Waals surface area contributed by atoms with Gasteiger partial charge in [0.1, 0.15) is 16.2 Å². The van der Waals surface area contributed by atoms with E-state index in [9.17, 15) is 14.5 Å². The second kappa shape index (κ2) is 12.6. The van der Waals surface area contributed by atoms with Crippen molar-refractivity contribution in [3.8, 4) is 28.1 Å². The third kappa shape index (κ3) is 6.34. The van der Waals surface area contributed by atoms with E-state index in [0.717, 1.165) is 39.1 Å². The van der Waals surface area contributed by atoms with Crippen molar-refractivity contribution in [2.45, 2.75) is 51.1 Å². The van der Waals surface area contributed by atoms with E-state index >= 15 is 0 Å². The van der Waals surface area contributed by atoms with Gasteiger partial charge in [-0.3, -0.25) is 9.78 Å². The fourth-order valence-electron chi connectivity index (χ4n) is 5.25. The van der Waals surface area contributed by atoms with Crippen LogP contribution in [-0.2, 0) is 24.5 Å². The van der Waals surface area contributed by atoms with Crippen molar-refractivity contribution in [3.63, 3.8) is 0 Å². The van der Waals surface area contributed by atoms with E-state index in [4.69, 9.17) is 9.72 Å². The van der Waals surface area contributed by atoms with E-state index in [2.05, 4.69) is 16.4 Å². The van der Waals surface area contributed by atoms with E-state index in [1.54, 1.807) is 25.6 Å². The van der Waals surface area contributed by atoms with Gasteiger partial charge < -0.3 is 19.7 Å². The number of methoxy groups -OCH3 is 1. The number of pyridine rings is 2. The van der Waals surface area contributed by atoms with Crippen molar-refractivity contribution < 1.29 is 19.2 Å². The third-order valence-electron chi connectivity index (χ3n) is 7.26. The van der Waals surface area contributed by atoms with Crippen LogP contribution in [0.4, 0.5) is 0 Å². The minimum atomic E-state index is -1.34. The number of amides is 1. The summed E-state index contributed by atoms with van der Waals surface area (Å²) >= 11 is -1.34. The Morgan fingerprint density at radius 1 is 1.07 bits per heavy atom. The smallest absolute Gasteiger partial charge is 0.270 e. The number of fused-ring (bicyclic) bond motifs is 1. The zero-order chi connectivity index (χ0) is 29.9. The van der Waals surface area contributed by atoms with Crippen molar-refractivity contribution in [1.29, 1.82) is 0 Å². The number of rotatable bonds is 9. The van der Waals surface area contributed by atoms with E-state index in [1.807, 2.05) is 79.7 Å². The molecule has 5 rings (SSSR count). The largest absolute Gasteiger partial charge is 0.597 e. The topological polar surface area (TPSA) is 111 Å². The minimum Gasteiger partial charge on any atom is -0.597 e. The molecule has 8 nitrogen and oxygen atoms in total. The van der Waals surface area contributed by atoms with Gasteiger partial charge in [0.05, 0.1) is 25.4 Å². The number of benzene rings is 2. The molecule has 0 radical (unpaired) electrons. The summed E-state index contributed by atoms with van der Waals surface area (Å²) < 4.78 is 20.4. The molecule has 218 valence electrons. The van der Waals surface area contributed by atoms with Gasteiger partial charge in [0.25, 0.3) is 5.91 Å². The molecule has 0 fully saturated rings. The number of hydrogen-bond acceptors (Lipinski definition) is 7. The average Bonchev–Trinajstić information content (AvgIpc) is 3.37. The van der Waals surface area contributed by atoms with Gasteiger partial charge in [0, 0.05) is 48.0 Å². The van der Waals surface area contributed by atoms with E-state index < -0.39 is 16.1 Å². The van der Waals surface area contributed by atoms with Gasteiger partial charge in [0.15, 0.2) is 0 Å². The molecule has 3 heterocycles. The van der Waals surface area contributed by atoms with Crippen LogP contribution < -0.4 is 10.1 Å². The van der Waals surface area contributed by atoms with E-state index in [1.165, 1.54) is 0 Å². The van der Waals surface area contributed by atoms with Gasteiger partial charge in [-0.1, -0.05) is 30.3 Å². The minimum absolute atomic E-state index is 0.0682. The Kier molecular flexibility index (Phi) is 8.93. The molecule has 0 aliphatic carbocycles. The number of aliphatic hydroxyl groups excluding tert-OH is 1. The Hall–Kier alpha value is -3.76. The average molecular weight is 585 g/mol. The van der Waals surface area contributed by atoms with Crippen molar-refractivity contribution in [1.82, 2.24) is 19.6 Å². The van der Waals surface area contributed by atoms with E-state index in [0.29, 0.717) is 25.2 Å². The van der Waals surface area contributed by atoms with Gasteiger partial charge in [-0.15, -0.1) is 4.31 Å². The molecule has 1 amide bonds. The van der Waals surface area contributed by atoms with Crippen LogP contribution in [0.2, 0.25) is 0 Å². The summed E-state index contributed by atoms with van der Waals surface area (Å²) in [6, 6.07) is 20.9. The van der Waals surface area contributed by atoms with Crippen LogP contribution in [0.25, 0.3) is 22.4 Å². The summed E-state index contributed by atoms with van der Waals surface area (Å²) in [6.45, 7) is 6.46. The highest BCUT2D eigenvalue weighted by Crippen LogP contribution is 2.45. The number of hydrogen-bond donors (Lipinski definition) is 2. The SMILES string of the molecule is COc1cccc(CNC(=O)c2cc3c(c(-c4cccc(-c5ccncc5)c4)n2)[C@H](CCO)N([S+]([O-])C(C)(C)C)C3)c1. The first-order valence-electron chi connectivity index (χ1n) is 13.9. The molecule has 0 spiro atoms. The van der Waals surface area contributed by atoms with Crippen molar-refractivity contribution >= 4 is 17.3 Å². The van der Waals surface area contributed by atoms with Gasteiger partial charge >= 0.3 is 0 Å². The lowest BCUT2D eigenvalue weighted by Gasteiger charge is -2.33. The summed E-state index contributed by atoms with van der Waals surface area (Å²) in [6.07, 6.45) is 3.90. The summed E-state index contributed by atoms with van der Waals surface area (Å²) in [7, 11) is 1.61. The van der Waals surface area contributed by atoms with Crippen LogP contribution in [0, 0.1) is 0 Å². The Labute approximate surface area is 250 Å². The van der Waals surface area contributed by atoms with E-state index in [-0.39, 0.29) is 24.2 Å². The Morgan fingerprint density at radius 2 is 1.81 bits per heavy atom. The molecule has 2 aromatic heterocycles. The Balaban J connectivity index is 1.58. The first-order valence-corrected chi connectivity index (χ1v) is 15.1. The van der Waals surface area contributed by atoms with Crippen LogP contribution in [0.3, 0.4) is 0 Å². The molecule has 1 aliphatic rings. The number of aromatic nitrogens is 2. The first-order chi connectivity index (χ1) is 20.2. The Bertz CT molecular complexity index is 1560. The highest BCUT2D eigenvalue weighted by atomic mass is 32.2. The second-order valence-corrected chi connectivity index (χ2v) is 13.4. The van der Waals surface area contributed by atoms with Gasteiger partial charge in [-0.2, -0.15) is 0 Å². The Morgan fingerprint density at radius 3 is 2.52 bits per heavy atom. The molecule has 9 heteroatoms. The zero-order valence-corrected chi connectivity index (χ0v) is 25.1. The van der Waals surface area contributed by atoms with Crippen LogP contribution >= 0.6 is 0 Å². The first kappa shape index (κ1) is 29.7. The van der Waals surface area contributed by atoms with Crippen molar-refractivity contribution in [3.05, 3.63) is 102 Å². The number of ether oxygens (including phenoxy) is 1. The van der Waals surface area contributed by atoms with Crippen LogP contribution in [0.5, 0.6) is 5.75 Å². The number of carbonyl (C=O) groups is 1. The molecule has 1 aliphatic heterocycles. The summed E-state index contributed by atoms with van der Waals surface area (Å²) in [5.74, 6) is 0.414. The number of carbonyl (C=O) groups excluding carboxylic acids is 1. The summed E-state index contributed by atoms with van der Waals surface area (Å²) in [4.78, 5) is 22.6. The molecular weight excluding hydrogens is 548 g/mol. The van der Waals surface area contributed by atoms with Crippen LogP contribution in [0.15, 0.2) is 79.1 Å². The second-order valence-electron chi connectivity index (χ2n) is 11.2. The molecule has 0 saturated heterocycles. The maximum Gasteiger partial charge on any atom is 0.270 e. The quantitative estimate of drug-likeness (QED) is 0.252. The highest BCUT2D eigenvalue weighted by Gasteiger charge is 2.44. The molecule has 1 unspecified atom stereocenters. The zero-order valence-electron chi connectivity index (χ0n) is 24.3. The maximum atomic E-state index is 13.7. The maximum absolute atomic E-state index is 13.7. The fraction of sp³-hybridized carbons (Fsp3) is 0.303. The van der Waals surface area contributed by atoms with Crippen molar-refractivity contribution in [2.75, 3.05) is 13.7 Å². The summed E-state index contributed by atoms with van der Waals surface area (Å²) in [5.41, 5.74) is 6.48. The van der Waals surface area contributed by atoms with Crippen molar-refractivity contribution in [2.24, 2.45) is 0 Å². The number of nitrogens with one attached hydrogen (secondary N) is 1. The van der Waals surface area contributed by atoms with Crippen LogP contribution in [0.1, 0.15) is 60.4 Å². The van der Waals surface area contributed by atoms with Crippen LogP contribution in [-0.4, -0.2) is 48.3 Å². The molecular formula is C33H36N4O4S. The normalized spacial score (nSPS) is 15.7. The fourth-order valence-corrected chi connectivity index (χ4v) is 6.65. The highest BCUT2D eigenvalue weighted by molar-refractivity contribution is 7.90. The molecule has 2 N–H and O–H groups in total. The lowest BCUT2D eigenvalue weighted by atomic mass is 9.94. The molecule has 0 bridgehead atoms. The monoisotopic (exact) mass is 584 g/mol. The lowest BCUT2D eigenvalue weighted by molar-refractivity contribution is 0.0946. The molecule has 42 heavy (non-hydrogen) atoms. The molecule has 0 saturated carbocycles.